The zero-order valence-electron chi connectivity index (χ0n) is 10.6. The fraction of sp³-hybridized carbons (Fsp3) is 0.500. The SMILES string of the molecule is CCN(CCOC)C(=O)c1cc(C)nc(N)c1. The number of anilines is 1. The Balaban J connectivity index is 2.85. The second kappa shape index (κ2) is 6.20. The molecule has 0 aliphatic rings. The molecule has 5 heteroatoms. The van der Waals surface area contributed by atoms with E-state index in [-0.39, 0.29) is 5.91 Å². The number of amides is 1. The minimum Gasteiger partial charge on any atom is -0.384 e. The lowest BCUT2D eigenvalue weighted by Crippen LogP contribution is -2.33. The molecule has 1 rings (SSSR count). The molecule has 0 atom stereocenters. The highest BCUT2D eigenvalue weighted by Crippen LogP contribution is 2.10. The summed E-state index contributed by atoms with van der Waals surface area (Å²) in [5, 5.41) is 0. The van der Waals surface area contributed by atoms with Crippen molar-refractivity contribution in [3.05, 3.63) is 23.4 Å². The van der Waals surface area contributed by atoms with E-state index in [1.54, 1.807) is 24.1 Å². The summed E-state index contributed by atoms with van der Waals surface area (Å²) < 4.78 is 4.98. The number of nitrogens with two attached hydrogens (primary N) is 1. The Morgan fingerprint density at radius 3 is 2.76 bits per heavy atom. The summed E-state index contributed by atoms with van der Waals surface area (Å²) in [5.74, 6) is 0.331. The van der Waals surface area contributed by atoms with E-state index in [1.807, 2.05) is 13.8 Å². The van der Waals surface area contributed by atoms with Gasteiger partial charge >= 0.3 is 0 Å². The van der Waals surface area contributed by atoms with Gasteiger partial charge in [0.2, 0.25) is 0 Å². The molecule has 5 nitrogen and oxygen atoms in total. The molecule has 0 saturated heterocycles. The molecule has 0 aliphatic carbocycles. The molecule has 94 valence electrons. The van der Waals surface area contributed by atoms with Gasteiger partial charge in [0.1, 0.15) is 5.82 Å². The lowest BCUT2D eigenvalue weighted by Gasteiger charge is -2.20. The molecular formula is C12H19N3O2. The number of nitrogen functional groups attached to an aromatic ring is 1. The lowest BCUT2D eigenvalue weighted by molar-refractivity contribution is 0.0706. The van der Waals surface area contributed by atoms with Crippen LogP contribution in [0.5, 0.6) is 0 Å². The van der Waals surface area contributed by atoms with Gasteiger partial charge in [-0.25, -0.2) is 4.98 Å². The highest BCUT2D eigenvalue weighted by molar-refractivity contribution is 5.94. The summed E-state index contributed by atoms with van der Waals surface area (Å²) >= 11 is 0. The summed E-state index contributed by atoms with van der Waals surface area (Å²) in [7, 11) is 1.62. The predicted octanol–water partition coefficient (Wildman–Crippen LogP) is 1.08. The maximum absolute atomic E-state index is 12.2. The van der Waals surface area contributed by atoms with Crippen molar-refractivity contribution in [2.75, 3.05) is 32.5 Å². The van der Waals surface area contributed by atoms with Crippen molar-refractivity contribution in [1.82, 2.24) is 9.88 Å². The first-order chi connectivity index (χ1) is 8.08. The number of nitrogens with zero attached hydrogens (tertiary/aromatic N) is 2. The number of carbonyl (C=O) groups excluding carboxylic acids is 1. The number of hydrogen-bond acceptors (Lipinski definition) is 4. The van der Waals surface area contributed by atoms with E-state index in [2.05, 4.69) is 4.98 Å². The van der Waals surface area contributed by atoms with Crippen molar-refractivity contribution in [2.45, 2.75) is 13.8 Å². The van der Waals surface area contributed by atoms with E-state index in [0.717, 1.165) is 5.69 Å². The first kappa shape index (κ1) is 13.4. The van der Waals surface area contributed by atoms with Gasteiger partial charge in [0, 0.05) is 31.5 Å². The van der Waals surface area contributed by atoms with Crippen LogP contribution in [0.25, 0.3) is 0 Å². The Labute approximate surface area is 102 Å². The van der Waals surface area contributed by atoms with E-state index in [0.29, 0.717) is 31.1 Å². The number of aromatic nitrogens is 1. The van der Waals surface area contributed by atoms with Gasteiger partial charge < -0.3 is 15.4 Å². The number of ether oxygens (including phenoxy) is 1. The second-order valence-electron chi connectivity index (χ2n) is 3.80. The van der Waals surface area contributed by atoms with Crippen molar-refractivity contribution in [3.8, 4) is 0 Å². The zero-order chi connectivity index (χ0) is 12.8. The van der Waals surface area contributed by atoms with E-state index >= 15 is 0 Å². The van der Waals surface area contributed by atoms with Crippen LogP contribution in [0.15, 0.2) is 12.1 Å². The van der Waals surface area contributed by atoms with Crippen molar-refractivity contribution < 1.29 is 9.53 Å². The molecule has 0 unspecified atom stereocenters. The molecule has 1 aromatic heterocycles. The Morgan fingerprint density at radius 2 is 2.24 bits per heavy atom. The molecule has 1 heterocycles. The standard InChI is InChI=1S/C12H19N3O2/c1-4-15(5-6-17-3)12(16)10-7-9(2)14-11(13)8-10/h7-8H,4-6H2,1-3H3,(H2,13,14). The van der Waals surface area contributed by atoms with Gasteiger partial charge in [-0.05, 0) is 26.0 Å². The van der Waals surface area contributed by atoms with Crippen molar-refractivity contribution in [2.24, 2.45) is 0 Å². The second-order valence-corrected chi connectivity index (χ2v) is 3.80. The minimum absolute atomic E-state index is 0.0400. The average Bonchev–Trinajstić information content (AvgIpc) is 2.28. The molecule has 0 bridgehead atoms. The monoisotopic (exact) mass is 237 g/mol. The van der Waals surface area contributed by atoms with Crippen LogP contribution in [0.2, 0.25) is 0 Å². The Hall–Kier alpha value is -1.62. The van der Waals surface area contributed by atoms with Crippen LogP contribution in [0.1, 0.15) is 23.0 Å². The molecule has 0 aromatic carbocycles. The van der Waals surface area contributed by atoms with Gasteiger partial charge in [-0.3, -0.25) is 4.79 Å². The van der Waals surface area contributed by atoms with Crippen molar-refractivity contribution in [3.63, 3.8) is 0 Å². The fourth-order valence-corrected chi connectivity index (χ4v) is 1.61. The molecule has 0 saturated carbocycles. The maximum Gasteiger partial charge on any atom is 0.254 e. The summed E-state index contributed by atoms with van der Waals surface area (Å²) in [5.41, 5.74) is 6.96. The van der Waals surface area contributed by atoms with Crippen LogP contribution < -0.4 is 5.73 Å². The van der Waals surface area contributed by atoms with Crippen LogP contribution >= 0.6 is 0 Å². The first-order valence-electron chi connectivity index (χ1n) is 5.60. The summed E-state index contributed by atoms with van der Waals surface area (Å²) in [6.07, 6.45) is 0. The fourth-order valence-electron chi connectivity index (χ4n) is 1.61. The van der Waals surface area contributed by atoms with Crippen LogP contribution in [0.3, 0.4) is 0 Å². The van der Waals surface area contributed by atoms with E-state index < -0.39 is 0 Å². The van der Waals surface area contributed by atoms with Gasteiger partial charge in [0.15, 0.2) is 0 Å². The molecular weight excluding hydrogens is 218 g/mol. The van der Waals surface area contributed by atoms with Crippen LogP contribution in [-0.4, -0.2) is 42.6 Å². The molecule has 2 N–H and O–H groups in total. The number of carbonyl (C=O) groups is 1. The van der Waals surface area contributed by atoms with E-state index in [1.165, 1.54) is 0 Å². The van der Waals surface area contributed by atoms with Gasteiger partial charge in [-0.1, -0.05) is 0 Å². The number of pyridine rings is 1. The summed E-state index contributed by atoms with van der Waals surface area (Å²) in [6.45, 7) is 5.50. The summed E-state index contributed by atoms with van der Waals surface area (Å²) in [6, 6.07) is 3.35. The Morgan fingerprint density at radius 1 is 1.53 bits per heavy atom. The molecule has 0 aliphatic heterocycles. The average molecular weight is 237 g/mol. The summed E-state index contributed by atoms with van der Waals surface area (Å²) in [4.78, 5) is 17.9. The third-order valence-corrected chi connectivity index (χ3v) is 2.45. The zero-order valence-corrected chi connectivity index (χ0v) is 10.6. The van der Waals surface area contributed by atoms with Gasteiger partial charge in [-0.15, -0.1) is 0 Å². The van der Waals surface area contributed by atoms with Crippen LogP contribution in [0.4, 0.5) is 5.82 Å². The smallest absolute Gasteiger partial charge is 0.254 e. The molecule has 1 amide bonds. The third kappa shape index (κ3) is 3.71. The molecule has 0 fully saturated rings. The predicted molar refractivity (Wildman–Crippen MR) is 66.8 cm³/mol. The van der Waals surface area contributed by atoms with Crippen molar-refractivity contribution >= 4 is 11.7 Å². The Bertz CT molecular complexity index is 373. The number of rotatable bonds is 5. The van der Waals surface area contributed by atoms with E-state index in [4.69, 9.17) is 10.5 Å². The largest absolute Gasteiger partial charge is 0.384 e. The quantitative estimate of drug-likeness (QED) is 0.832. The third-order valence-electron chi connectivity index (χ3n) is 2.45. The Kier molecular flexibility index (Phi) is 4.90. The first-order valence-corrected chi connectivity index (χ1v) is 5.60. The van der Waals surface area contributed by atoms with Gasteiger partial charge in [0.25, 0.3) is 5.91 Å². The lowest BCUT2D eigenvalue weighted by atomic mass is 10.2. The molecule has 0 radical (unpaired) electrons. The van der Waals surface area contributed by atoms with Crippen LogP contribution in [-0.2, 0) is 4.74 Å². The highest BCUT2D eigenvalue weighted by atomic mass is 16.5. The van der Waals surface area contributed by atoms with E-state index in [9.17, 15) is 4.79 Å². The van der Waals surface area contributed by atoms with Gasteiger partial charge in [-0.2, -0.15) is 0 Å². The normalized spacial score (nSPS) is 10.3. The molecule has 17 heavy (non-hydrogen) atoms. The number of aryl methyl sites for hydroxylation is 1. The maximum atomic E-state index is 12.2. The number of likely N-dealkylation sites (N-methyl/N-ethyl adjacent to an activating group) is 1. The highest BCUT2D eigenvalue weighted by Gasteiger charge is 2.14. The molecule has 1 aromatic rings. The topological polar surface area (TPSA) is 68.5 Å². The van der Waals surface area contributed by atoms with Crippen molar-refractivity contribution in [1.29, 1.82) is 0 Å². The molecule has 0 spiro atoms. The number of methoxy groups -OCH3 is 1. The minimum atomic E-state index is -0.0400. The van der Waals surface area contributed by atoms with Crippen LogP contribution in [0, 0.1) is 6.92 Å². The van der Waals surface area contributed by atoms with Gasteiger partial charge in [0.05, 0.1) is 6.61 Å². The number of hydrogen-bond donors (Lipinski definition) is 1.